The molecule has 4 rings (SSSR count). The van der Waals surface area contributed by atoms with Crippen LogP contribution >= 0.6 is 0 Å². The SMILES string of the molecule is COCC[N+]1=C(/C=C/C=C/C=C/C=C2/N(CCCCCC(=O)O)c3ccc(S(=O)(=O)[O-])cc3C2(C)CCOC)C(C)(C)c2cc(S(=O)(=O)O)ccc21.[Na+]. The molecule has 0 saturated carbocycles. The van der Waals surface area contributed by atoms with Crippen LogP contribution in [-0.2, 0) is 45.3 Å². The van der Waals surface area contributed by atoms with Gasteiger partial charge < -0.3 is 24.0 Å². The summed E-state index contributed by atoms with van der Waals surface area (Å²) >= 11 is 0. The van der Waals surface area contributed by atoms with E-state index in [-0.39, 0.29) is 45.8 Å². The zero-order valence-electron chi connectivity index (χ0n) is 31.2. The van der Waals surface area contributed by atoms with Crippen LogP contribution in [0.5, 0.6) is 0 Å². The summed E-state index contributed by atoms with van der Waals surface area (Å²) in [5.74, 6) is -0.841. The Balaban J connectivity index is 0.00000756. The van der Waals surface area contributed by atoms with Gasteiger partial charge in [0.25, 0.3) is 10.1 Å². The Bertz CT molecular complexity index is 2040. The summed E-state index contributed by atoms with van der Waals surface area (Å²) in [4.78, 5) is 12.7. The quantitative estimate of drug-likeness (QED) is 0.0749. The van der Waals surface area contributed by atoms with Crippen molar-refractivity contribution in [2.24, 2.45) is 0 Å². The van der Waals surface area contributed by atoms with Gasteiger partial charge in [-0.25, -0.2) is 8.42 Å². The maximum Gasteiger partial charge on any atom is 1.00 e. The van der Waals surface area contributed by atoms with Crippen LogP contribution in [-0.4, -0.2) is 87.8 Å². The second-order valence-corrected chi connectivity index (χ2v) is 16.4. The average Bonchev–Trinajstić information content (AvgIpc) is 3.43. The van der Waals surface area contributed by atoms with E-state index >= 15 is 0 Å². The first-order valence-corrected chi connectivity index (χ1v) is 19.9. The second kappa shape index (κ2) is 18.6. The van der Waals surface area contributed by atoms with Gasteiger partial charge in [-0.1, -0.05) is 36.8 Å². The van der Waals surface area contributed by atoms with Gasteiger partial charge in [0.2, 0.25) is 5.69 Å². The van der Waals surface area contributed by atoms with Gasteiger partial charge in [0.05, 0.1) is 15.2 Å². The number of aliphatic carboxylic acids is 1. The van der Waals surface area contributed by atoms with Gasteiger partial charge in [-0.3, -0.25) is 9.35 Å². The number of hydrogen-bond donors (Lipinski definition) is 2. The fourth-order valence-electron chi connectivity index (χ4n) is 6.94. The number of benzene rings is 2. The smallest absolute Gasteiger partial charge is 0.744 e. The third kappa shape index (κ3) is 10.4. The van der Waals surface area contributed by atoms with Crippen molar-refractivity contribution in [3.8, 4) is 0 Å². The molecule has 2 N–H and O–H groups in total. The number of carbonyl (C=O) groups is 1. The van der Waals surface area contributed by atoms with E-state index < -0.39 is 37.0 Å². The summed E-state index contributed by atoms with van der Waals surface area (Å²) in [5, 5.41) is 9.05. The van der Waals surface area contributed by atoms with E-state index in [0.717, 1.165) is 28.3 Å². The summed E-state index contributed by atoms with van der Waals surface area (Å²) < 4.78 is 82.2. The zero-order chi connectivity index (χ0) is 38.3. The molecule has 2 heterocycles. The molecule has 0 spiro atoms. The molecule has 53 heavy (non-hydrogen) atoms. The van der Waals surface area contributed by atoms with Crippen molar-refractivity contribution in [2.75, 3.05) is 45.4 Å². The number of ether oxygens (including phenoxy) is 2. The van der Waals surface area contributed by atoms with Crippen molar-refractivity contribution in [1.29, 1.82) is 0 Å². The largest absolute Gasteiger partial charge is 1.00 e. The maximum atomic E-state index is 12.0. The van der Waals surface area contributed by atoms with Gasteiger partial charge in [-0.15, -0.1) is 0 Å². The number of allylic oxidation sites excluding steroid dienone is 8. The van der Waals surface area contributed by atoms with E-state index in [0.29, 0.717) is 57.6 Å². The number of carboxylic acids is 1. The molecular formula is C38H48N2NaO10S2+. The molecule has 2 aromatic rings. The number of nitrogens with zero attached hydrogens (tertiary/aromatic N) is 2. The van der Waals surface area contributed by atoms with E-state index in [2.05, 4.69) is 9.48 Å². The van der Waals surface area contributed by atoms with E-state index in [4.69, 9.17) is 14.6 Å². The second-order valence-electron chi connectivity index (χ2n) is 13.6. The van der Waals surface area contributed by atoms with Gasteiger partial charge in [0.15, 0.2) is 12.3 Å². The summed E-state index contributed by atoms with van der Waals surface area (Å²) in [6.07, 6.45) is 15.9. The van der Waals surface area contributed by atoms with E-state index in [1.807, 2.05) is 63.3 Å². The number of unbranched alkanes of at least 4 members (excludes halogenated alkanes) is 2. The Morgan fingerprint density at radius 3 is 2.17 bits per heavy atom. The first-order chi connectivity index (χ1) is 24.5. The Morgan fingerprint density at radius 2 is 1.53 bits per heavy atom. The Hall–Kier alpha value is -2.92. The van der Waals surface area contributed by atoms with Crippen LogP contribution in [0.25, 0.3) is 0 Å². The van der Waals surface area contributed by atoms with Crippen LogP contribution in [0.4, 0.5) is 11.4 Å². The Kier molecular flexibility index (Phi) is 15.6. The number of rotatable bonds is 18. The van der Waals surface area contributed by atoms with E-state index in [1.54, 1.807) is 26.4 Å². The summed E-state index contributed by atoms with van der Waals surface area (Å²) in [5.41, 5.74) is 3.70. The monoisotopic (exact) mass is 779 g/mol. The van der Waals surface area contributed by atoms with Crippen molar-refractivity contribution in [3.63, 3.8) is 0 Å². The molecule has 12 nitrogen and oxygen atoms in total. The van der Waals surface area contributed by atoms with Crippen molar-refractivity contribution in [2.45, 2.75) is 73.5 Å². The molecule has 0 saturated heterocycles. The van der Waals surface area contributed by atoms with Crippen LogP contribution in [0.3, 0.4) is 0 Å². The van der Waals surface area contributed by atoms with Crippen molar-refractivity contribution in [1.82, 2.24) is 0 Å². The number of hydrogen-bond acceptors (Lipinski definition) is 9. The third-order valence-corrected chi connectivity index (χ3v) is 11.4. The number of anilines is 1. The van der Waals surface area contributed by atoms with Crippen LogP contribution in [0.15, 0.2) is 94.4 Å². The maximum absolute atomic E-state index is 12.0. The van der Waals surface area contributed by atoms with Crippen molar-refractivity contribution < 1.29 is 79.4 Å². The van der Waals surface area contributed by atoms with Crippen LogP contribution in [0.1, 0.15) is 64.0 Å². The molecule has 0 fully saturated rings. The summed E-state index contributed by atoms with van der Waals surface area (Å²) in [6, 6.07) is 9.06. The topological polar surface area (TPSA) is 174 Å². The van der Waals surface area contributed by atoms with E-state index in [1.165, 1.54) is 24.3 Å². The molecule has 0 aliphatic carbocycles. The minimum Gasteiger partial charge on any atom is -0.744 e. The van der Waals surface area contributed by atoms with Crippen LogP contribution in [0, 0.1) is 0 Å². The predicted octanol–water partition coefficient (Wildman–Crippen LogP) is 2.88. The molecule has 2 aromatic carbocycles. The Labute approximate surface area is 335 Å². The normalized spacial score (nSPS) is 19.2. The first-order valence-electron chi connectivity index (χ1n) is 17.0. The fourth-order valence-corrected chi connectivity index (χ4v) is 7.95. The molecule has 0 radical (unpaired) electrons. The summed E-state index contributed by atoms with van der Waals surface area (Å²) in [7, 11) is -5.85. The average molecular weight is 780 g/mol. The van der Waals surface area contributed by atoms with Crippen molar-refractivity contribution in [3.05, 3.63) is 95.8 Å². The molecule has 1 atom stereocenters. The van der Waals surface area contributed by atoms with Gasteiger partial charge in [-0.05, 0) is 82.0 Å². The zero-order valence-corrected chi connectivity index (χ0v) is 34.9. The summed E-state index contributed by atoms with van der Waals surface area (Å²) in [6.45, 7) is 7.93. The third-order valence-electron chi connectivity index (χ3n) is 9.71. The first kappa shape index (κ1) is 44.5. The van der Waals surface area contributed by atoms with Gasteiger partial charge in [0, 0.05) is 68.3 Å². The molecule has 2 aliphatic rings. The predicted molar refractivity (Wildman–Crippen MR) is 198 cm³/mol. The Morgan fingerprint density at radius 1 is 0.887 bits per heavy atom. The minimum atomic E-state index is -4.69. The molecule has 0 bridgehead atoms. The molecule has 2 aliphatic heterocycles. The van der Waals surface area contributed by atoms with Crippen LogP contribution in [0.2, 0.25) is 0 Å². The van der Waals surface area contributed by atoms with Crippen molar-refractivity contribution >= 4 is 43.3 Å². The number of fused-ring (bicyclic) bond motifs is 2. The number of methoxy groups -OCH3 is 2. The molecular weight excluding hydrogens is 732 g/mol. The fraction of sp³-hybridized carbons (Fsp3) is 0.421. The minimum absolute atomic E-state index is 0. The number of carboxylic acid groups (broad SMARTS) is 1. The molecule has 1 unspecified atom stereocenters. The standard InChI is InChI=1S/C38H48N2O10S2.Na/c1-37(2)30-26-28(51(43,44)45)17-19-32(30)40(23-25-50-5)34(37)14-10-7-6-8-11-15-35-38(3,21-24-49-4)31-27-29(52(46,47)48)18-20-33(31)39(35)22-13-9-12-16-36(41)42;/h6-8,10-11,14-15,17-20,26-27H,9,12-13,16,21-25H2,1-5H3,(H2-,41,42,43,44,45,46,47,48);/q;+1. The van der Waals surface area contributed by atoms with Gasteiger partial charge in [0.1, 0.15) is 16.7 Å². The molecule has 0 amide bonds. The van der Waals surface area contributed by atoms with Crippen LogP contribution < -0.4 is 34.5 Å². The molecule has 0 aromatic heterocycles. The van der Waals surface area contributed by atoms with Gasteiger partial charge >= 0.3 is 35.5 Å². The molecule has 15 heteroatoms. The van der Waals surface area contributed by atoms with E-state index in [9.17, 15) is 30.7 Å². The van der Waals surface area contributed by atoms with Gasteiger partial charge in [-0.2, -0.15) is 13.0 Å². The molecule has 282 valence electrons.